The van der Waals surface area contributed by atoms with Crippen LogP contribution in [0.3, 0.4) is 0 Å². The average Bonchev–Trinajstić information content (AvgIpc) is 2.80. The molecule has 0 aliphatic rings. The molecule has 3 N–H and O–H groups in total. The lowest BCUT2D eigenvalue weighted by atomic mass is 10.1. The number of rotatable bonds is 7. The highest BCUT2D eigenvalue weighted by molar-refractivity contribution is 5.79. The van der Waals surface area contributed by atoms with Crippen LogP contribution in [0.5, 0.6) is 0 Å². The fraction of sp³-hybridized carbons (Fsp3) is 0.562. The third-order valence-electron chi connectivity index (χ3n) is 3.84. The molecule has 0 aliphatic carbocycles. The number of aliphatic hydroxyl groups excluding tert-OH is 1. The zero-order valence-corrected chi connectivity index (χ0v) is 12.5. The van der Waals surface area contributed by atoms with Crippen LogP contribution in [0.1, 0.15) is 57.8 Å². The summed E-state index contributed by atoms with van der Waals surface area (Å²) in [5, 5.41) is 9.53. The number of unbranched alkanes of at least 4 members (excludes halogenated alkanes) is 3. The van der Waals surface area contributed by atoms with Crippen LogP contribution >= 0.6 is 0 Å². The van der Waals surface area contributed by atoms with E-state index in [4.69, 9.17) is 5.73 Å². The molecule has 0 amide bonds. The molecule has 0 aliphatic heterocycles. The third-order valence-corrected chi connectivity index (χ3v) is 3.84. The number of fused-ring (bicyclic) bond motifs is 1. The van der Waals surface area contributed by atoms with E-state index in [0.717, 1.165) is 23.3 Å². The average molecular weight is 275 g/mol. The van der Waals surface area contributed by atoms with Crippen LogP contribution in [0.15, 0.2) is 18.2 Å². The normalized spacial score (nSPS) is 12.9. The maximum Gasteiger partial charge on any atom is 0.135 e. The molecule has 2 rings (SSSR count). The molecular formula is C16H25N3O. The number of hydrogen-bond donors (Lipinski definition) is 2. The van der Waals surface area contributed by atoms with Gasteiger partial charge in [0, 0.05) is 11.7 Å². The monoisotopic (exact) mass is 275 g/mol. The second-order valence-corrected chi connectivity index (χ2v) is 5.50. The molecule has 0 saturated carbocycles. The number of aliphatic hydroxyl groups is 1. The first-order valence-corrected chi connectivity index (χ1v) is 7.54. The Morgan fingerprint density at radius 1 is 1.30 bits per heavy atom. The largest absolute Gasteiger partial charge is 0.399 e. The van der Waals surface area contributed by atoms with Crippen molar-refractivity contribution in [2.24, 2.45) is 0 Å². The Hall–Kier alpha value is -1.55. The molecule has 110 valence electrons. The first-order valence-electron chi connectivity index (χ1n) is 7.54. The summed E-state index contributed by atoms with van der Waals surface area (Å²) in [5.41, 5.74) is 8.44. The summed E-state index contributed by atoms with van der Waals surface area (Å²) >= 11 is 0. The smallest absolute Gasteiger partial charge is 0.135 e. The molecule has 1 aromatic carbocycles. The van der Waals surface area contributed by atoms with Gasteiger partial charge in [-0.1, -0.05) is 32.6 Å². The molecule has 0 fully saturated rings. The Labute approximate surface area is 120 Å². The third kappa shape index (κ3) is 3.12. The molecule has 1 unspecified atom stereocenters. The van der Waals surface area contributed by atoms with Crippen LogP contribution in [0.25, 0.3) is 11.0 Å². The fourth-order valence-corrected chi connectivity index (χ4v) is 2.76. The van der Waals surface area contributed by atoms with Crippen molar-refractivity contribution in [3.05, 3.63) is 24.0 Å². The molecule has 2 aromatic rings. The van der Waals surface area contributed by atoms with Crippen LogP contribution in [0, 0.1) is 0 Å². The minimum Gasteiger partial charge on any atom is -0.399 e. The van der Waals surface area contributed by atoms with Gasteiger partial charge in [-0.25, -0.2) is 4.98 Å². The molecule has 20 heavy (non-hydrogen) atoms. The summed E-state index contributed by atoms with van der Waals surface area (Å²) in [6.07, 6.45) is 6.15. The Morgan fingerprint density at radius 3 is 2.80 bits per heavy atom. The molecule has 0 spiro atoms. The van der Waals surface area contributed by atoms with Gasteiger partial charge in [0.1, 0.15) is 12.4 Å². The van der Waals surface area contributed by atoms with Crippen molar-refractivity contribution in [1.82, 2.24) is 9.55 Å². The van der Waals surface area contributed by atoms with Crippen LogP contribution < -0.4 is 5.73 Å². The number of benzene rings is 1. The molecule has 4 nitrogen and oxygen atoms in total. The van der Waals surface area contributed by atoms with Crippen LogP contribution in [0.2, 0.25) is 0 Å². The molecule has 0 bridgehead atoms. The number of imidazole rings is 1. The number of aromatic nitrogens is 2. The molecular weight excluding hydrogens is 250 g/mol. The predicted molar refractivity (Wildman–Crippen MR) is 83.5 cm³/mol. The van der Waals surface area contributed by atoms with Gasteiger partial charge >= 0.3 is 0 Å². The van der Waals surface area contributed by atoms with E-state index in [-0.39, 0.29) is 6.61 Å². The SMILES string of the molecule is CCCCCCC(C)n1c(CO)nc2cc(N)ccc21. The zero-order chi connectivity index (χ0) is 14.5. The molecule has 1 heterocycles. The number of nitrogen functional groups attached to an aromatic ring is 1. The van der Waals surface area contributed by atoms with Gasteiger partial charge in [-0.3, -0.25) is 0 Å². The van der Waals surface area contributed by atoms with Crippen molar-refractivity contribution in [3.8, 4) is 0 Å². The second kappa shape index (κ2) is 6.75. The summed E-state index contributed by atoms with van der Waals surface area (Å²) in [5.74, 6) is 0.730. The Balaban J connectivity index is 2.22. The van der Waals surface area contributed by atoms with E-state index in [1.54, 1.807) is 0 Å². The molecule has 0 radical (unpaired) electrons. The lowest BCUT2D eigenvalue weighted by molar-refractivity contribution is 0.261. The highest BCUT2D eigenvalue weighted by Crippen LogP contribution is 2.26. The van der Waals surface area contributed by atoms with Crippen LogP contribution in [0.4, 0.5) is 5.69 Å². The maximum absolute atomic E-state index is 9.53. The van der Waals surface area contributed by atoms with Gasteiger partial charge in [-0.05, 0) is 31.5 Å². The first-order chi connectivity index (χ1) is 9.67. The quantitative estimate of drug-likeness (QED) is 0.599. The highest BCUT2D eigenvalue weighted by atomic mass is 16.3. The highest BCUT2D eigenvalue weighted by Gasteiger charge is 2.15. The maximum atomic E-state index is 9.53. The van der Waals surface area contributed by atoms with Gasteiger partial charge in [0.2, 0.25) is 0 Å². The Bertz CT molecular complexity index is 562. The Morgan fingerprint density at radius 2 is 2.10 bits per heavy atom. The predicted octanol–water partition coefficient (Wildman–Crippen LogP) is 3.64. The second-order valence-electron chi connectivity index (χ2n) is 5.50. The molecule has 1 aromatic heterocycles. The standard InChI is InChI=1S/C16H25N3O/c1-3-4-5-6-7-12(2)19-15-9-8-13(17)10-14(15)18-16(19)11-20/h8-10,12,20H,3-7,11,17H2,1-2H3. The van der Waals surface area contributed by atoms with Crippen molar-refractivity contribution < 1.29 is 5.11 Å². The number of nitrogens with zero attached hydrogens (tertiary/aromatic N) is 2. The van der Waals surface area contributed by atoms with E-state index < -0.39 is 0 Å². The van der Waals surface area contributed by atoms with Gasteiger partial charge < -0.3 is 15.4 Å². The summed E-state index contributed by atoms with van der Waals surface area (Å²) in [7, 11) is 0. The van der Waals surface area contributed by atoms with E-state index in [9.17, 15) is 5.11 Å². The van der Waals surface area contributed by atoms with E-state index in [1.165, 1.54) is 25.7 Å². The Kier molecular flexibility index (Phi) is 5.01. The minimum absolute atomic E-state index is 0.0338. The van der Waals surface area contributed by atoms with Crippen LogP contribution in [-0.4, -0.2) is 14.7 Å². The fourth-order valence-electron chi connectivity index (χ4n) is 2.76. The van der Waals surface area contributed by atoms with E-state index >= 15 is 0 Å². The summed E-state index contributed by atoms with van der Waals surface area (Å²) in [6, 6.07) is 6.11. The lowest BCUT2D eigenvalue weighted by Crippen LogP contribution is -2.09. The van der Waals surface area contributed by atoms with Gasteiger partial charge in [-0.15, -0.1) is 0 Å². The van der Waals surface area contributed by atoms with Crippen molar-refractivity contribution in [1.29, 1.82) is 0 Å². The molecule has 0 saturated heterocycles. The molecule has 1 atom stereocenters. The van der Waals surface area contributed by atoms with Crippen molar-refractivity contribution in [2.75, 3.05) is 5.73 Å². The van der Waals surface area contributed by atoms with Crippen molar-refractivity contribution in [3.63, 3.8) is 0 Å². The summed E-state index contributed by atoms with van der Waals surface area (Å²) in [6.45, 7) is 4.39. The van der Waals surface area contributed by atoms with E-state index in [0.29, 0.717) is 11.7 Å². The van der Waals surface area contributed by atoms with Gasteiger partial charge in [0.05, 0.1) is 11.0 Å². The van der Waals surface area contributed by atoms with Gasteiger partial charge in [-0.2, -0.15) is 0 Å². The number of nitrogens with two attached hydrogens (primary N) is 1. The first kappa shape index (κ1) is 14.9. The number of anilines is 1. The summed E-state index contributed by atoms with van der Waals surface area (Å²) in [4.78, 5) is 4.49. The van der Waals surface area contributed by atoms with Crippen molar-refractivity contribution >= 4 is 16.7 Å². The van der Waals surface area contributed by atoms with E-state index in [1.807, 2.05) is 18.2 Å². The van der Waals surface area contributed by atoms with E-state index in [2.05, 4.69) is 23.4 Å². The lowest BCUT2D eigenvalue weighted by Gasteiger charge is -2.17. The minimum atomic E-state index is -0.0338. The zero-order valence-electron chi connectivity index (χ0n) is 12.5. The van der Waals surface area contributed by atoms with Crippen LogP contribution in [-0.2, 0) is 6.61 Å². The summed E-state index contributed by atoms with van der Waals surface area (Å²) < 4.78 is 2.15. The van der Waals surface area contributed by atoms with Gasteiger partial charge in [0.15, 0.2) is 0 Å². The molecule has 4 heteroatoms. The number of hydrogen-bond acceptors (Lipinski definition) is 3. The van der Waals surface area contributed by atoms with Gasteiger partial charge in [0.25, 0.3) is 0 Å². The van der Waals surface area contributed by atoms with Crippen molar-refractivity contribution in [2.45, 2.75) is 58.6 Å². The topological polar surface area (TPSA) is 64.1 Å².